The van der Waals surface area contributed by atoms with Crippen LogP contribution in [0.2, 0.25) is 0 Å². The Hall–Kier alpha value is -1.96. The van der Waals surface area contributed by atoms with Crippen LogP contribution >= 0.6 is 0 Å². The summed E-state index contributed by atoms with van der Waals surface area (Å²) in [6.07, 6.45) is 1.23. The molecule has 0 atom stereocenters. The van der Waals surface area contributed by atoms with Crippen molar-refractivity contribution < 1.29 is 4.92 Å². The van der Waals surface area contributed by atoms with Crippen molar-refractivity contribution in [2.75, 3.05) is 17.3 Å². The third-order valence-electron chi connectivity index (χ3n) is 3.42. The van der Waals surface area contributed by atoms with Gasteiger partial charge in [-0.3, -0.25) is 10.1 Å². The zero-order chi connectivity index (χ0) is 14.6. The summed E-state index contributed by atoms with van der Waals surface area (Å²) in [6.45, 7) is 8.93. The summed E-state index contributed by atoms with van der Waals surface area (Å²) in [5, 5.41) is 14.1. The maximum atomic E-state index is 11.0. The van der Waals surface area contributed by atoms with Crippen molar-refractivity contribution in [2.24, 2.45) is 17.2 Å². The van der Waals surface area contributed by atoms with Crippen molar-refractivity contribution in [1.29, 1.82) is 0 Å². The number of nitrogens with two attached hydrogens (primary N) is 1. The molecule has 106 valence electrons. The Morgan fingerprint density at radius 3 is 2.47 bits per heavy atom. The smallest absolute Gasteiger partial charge is 0.354 e. The lowest BCUT2D eigenvalue weighted by Crippen LogP contribution is -2.29. The molecule has 1 aromatic rings. The van der Waals surface area contributed by atoms with Crippen LogP contribution in [0.3, 0.4) is 0 Å². The number of nitro groups is 1. The van der Waals surface area contributed by atoms with Crippen molar-refractivity contribution >= 4 is 17.3 Å². The predicted molar refractivity (Wildman–Crippen MR) is 73.6 cm³/mol. The summed E-state index contributed by atoms with van der Waals surface area (Å²) in [7, 11) is 0. The van der Waals surface area contributed by atoms with Crippen LogP contribution in [0.1, 0.15) is 27.7 Å². The zero-order valence-electron chi connectivity index (χ0n) is 11.6. The van der Waals surface area contributed by atoms with Gasteiger partial charge in [0.05, 0.1) is 4.92 Å². The highest BCUT2D eigenvalue weighted by molar-refractivity contribution is 5.68. The summed E-state index contributed by atoms with van der Waals surface area (Å²) in [5.41, 5.74) is 1.94. The van der Waals surface area contributed by atoms with Gasteiger partial charge >= 0.3 is 5.69 Å². The number of hydrogen-bond acceptors (Lipinski definition) is 7. The van der Waals surface area contributed by atoms with Crippen molar-refractivity contribution in [3.63, 3.8) is 0 Å². The van der Waals surface area contributed by atoms with E-state index in [4.69, 9.17) is 5.84 Å². The molecule has 1 aromatic heterocycles. The van der Waals surface area contributed by atoms with Gasteiger partial charge in [-0.2, -0.15) is 0 Å². The van der Waals surface area contributed by atoms with Crippen molar-refractivity contribution in [3.8, 4) is 0 Å². The van der Waals surface area contributed by atoms with Gasteiger partial charge in [0, 0.05) is 6.54 Å². The second-order valence-corrected chi connectivity index (χ2v) is 5.32. The molecule has 0 fully saturated rings. The van der Waals surface area contributed by atoms with Gasteiger partial charge in [0.25, 0.3) is 0 Å². The lowest BCUT2D eigenvalue weighted by atomic mass is 9.81. The molecule has 0 saturated heterocycles. The maximum absolute atomic E-state index is 11.0. The van der Waals surface area contributed by atoms with E-state index in [2.05, 4.69) is 48.4 Å². The lowest BCUT2D eigenvalue weighted by molar-refractivity contribution is -0.383. The normalized spacial score (nSPS) is 11.5. The number of nitrogen functional groups attached to an aromatic ring is 1. The first-order chi connectivity index (χ1) is 8.79. The number of nitrogens with zero attached hydrogens (tertiary/aromatic N) is 3. The number of anilines is 2. The number of nitrogens with one attached hydrogen (secondary N) is 2. The molecule has 0 bridgehead atoms. The molecule has 8 nitrogen and oxygen atoms in total. The van der Waals surface area contributed by atoms with Gasteiger partial charge in [-0.1, -0.05) is 27.7 Å². The van der Waals surface area contributed by atoms with Crippen LogP contribution in [-0.4, -0.2) is 21.4 Å². The first-order valence-electron chi connectivity index (χ1n) is 5.99. The Labute approximate surface area is 111 Å². The monoisotopic (exact) mass is 268 g/mol. The van der Waals surface area contributed by atoms with Gasteiger partial charge in [-0.15, -0.1) is 0 Å². The minimum atomic E-state index is -0.556. The van der Waals surface area contributed by atoms with Crippen LogP contribution in [0.5, 0.6) is 0 Å². The SMILES string of the molecule is CC(C)C(C)(C)CNc1ncnc(NN)c1[N+](=O)[O-]. The number of aromatic nitrogens is 2. The molecule has 0 radical (unpaired) electrons. The molecule has 19 heavy (non-hydrogen) atoms. The summed E-state index contributed by atoms with van der Waals surface area (Å²) in [5.74, 6) is 5.80. The van der Waals surface area contributed by atoms with Crippen LogP contribution < -0.4 is 16.6 Å². The van der Waals surface area contributed by atoms with E-state index < -0.39 is 4.92 Å². The first kappa shape index (κ1) is 15.1. The Bertz CT molecular complexity index is 460. The second kappa shape index (κ2) is 5.79. The molecule has 1 rings (SSSR count). The first-order valence-corrected chi connectivity index (χ1v) is 5.99. The average Bonchev–Trinajstić information content (AvgIpc) is 2.35. The Morgan fingerprint density at radius 1 is 1.42 bits per heavy atom. The third-order valence-corrected chi connectivity index (χ3v) is 3.42. The molecule has 0 unspecified atom stereocenters. The Morgan fingerprint density at radius 2 is 2.00 bits per heavy atom. The van der Waals surface area contributed by atoms with Gasteiger partial charge in [0.15, 0.2) is 0 Å². The molecular weight excluding hydrogens is 248 g/mol. The molecule has 0 aromatic carbocycles. The summed E-state index contributed by atoms with van der Waals surface area (Å²) in [6, 6.07) is 0. The van der Waals surface area contributed by atoms with E-state index in [0.29, 0.717) is 12.5 Å². The summed E-state index contributed by atoms with van der Waals surface area (Å²) < 4.78 is 0. The third kappa shape index (κ3) is 3.50. The van der Waals surface area contributed by atoms with E-state index in [1.165, 1.54) is 6.33 Å². The fraction of sp³-hybridized carbons (Fsp3) is 0.636. The van der Waals surface area contributed by atoms with Crippen molar-refractivity contribution in [2.45, 2.75) is 27.7 Å². The quantitative estimate of drug-likeness (QED) is 0.408. The van der Waals surface area contributed by atoms with Crippen molar-refractivity contribution in [3.05, 3.63) is 16.4 Å². The highest BCUT2D eigenvalue weighted by Crippen LogP contribution is 2.31. The number of hydrogen-bond donors (Lipinski definition) is 3. The molecule has 0 saturated carbocycles. The Balaban J connectivity index is 2.99. The molecule has 0 aliphatic heterocycles. The maximum Gasteiger partial charge on any atom is 0.354 e. The van der Waals surface area contributed by atoms with E-state index in [1.54, 1.807) is 0 Å². The summed E-state index contributed by atoms with van der Waals surface area (Å²) in [4.78, 5) is 18.1. The van der Waals surface area contributed by atoms with Gasteiger partial charge in [0.2, 0.25) is 11.6 Å². The molecule has 0 aliphatic rings. The summed E-state index contributed by atoms with van der Waals surface area (Å²) >= 11 is 0. The molecule has 0 aliphatic carbocycles. The molecule has 1 heterocycles. The van der Waals surface area contributed by atoms with E-state index >= 15 is 0 Å². The number of rotatable bonds is 6. The molecular formula is C11H20N6O2. The van der Waals surface area contributed by atoms with Crippen LogP contribution in [0.15, 0.2) is 6.33 Å². The van der Waals surface area contributed by atoms with Crippen LogP contribution in [0, 0.1) is 21.4 Å². The fourth-order valence-corrected chi connectivity index (χ4v) is 1.30. The van der Waals surface area contributed by atoms with Gasteiger partial charge < -0.3 is 10.7 Å². The average molecular weight is 268 g/mol. The second-order valence-electron chi connectivity index (χ2n) is 5.32. The van der Waals surface area contributed by atoms with Gasteiger partial charge in [-0.05, 0) is 11.3 Å². The lowest BCUT2D eigenvalue weighted by Gasteiger charge is -2.29. The fourth-order valence-electron chi connectivity index (χ4n) is 1.30. The molecule has 8 heteroatoms. The Kier molecular flexibility index (Phi) is 4.60. The van der Waals surface area contributed by atoms with E-state index in [-0.39, 0.29) is 22.7 Å². The predicted octanol–water partition coefficient (Wildman–Crippen LogP) is 1.76. The van der Waals surface area contributed by atoms with E-state index in [1.807, 2.05) is 0 Å². The highest BCUT2D eigenvalue weighted by atomic mass is 16.6. The van der Waals surface area contributed by atoms with E-state index in [9.17, 15) is 10.1 Å². The highest BCUT2D eigenvalue weighted by Gasteiger charge is 2.26. The minimum absolute atomic E-state index is 0.00940. The molecule has 0 amide bonds. The van der Waals surface area contributed by atoms with Crippen LogP contribution in [0.4, 0.5) is 17.3 Å². The topological polar surface area (TPSA) is 119 Å². The minimum Gasteiger partial charge on any atom is -0.364 e. The van der Waals surface area contributed by atoms with Gasteiger partial charge in [-0.25, -0.2) is 15.8 Å². The number of hydrazine groups is 1. The van der Waals surface area contributed by atoms with Gasteiger partial charge in [0.1, 0.15) is 6.33 Å². The molecule has 4 N–H and O–H groups in total. The standard InChI is InChI=1S/C11H20N6O2/c1-7(2)11(3,4)5-13-9-8(17(18)19)10(16-12)15-6-14-9/h6-7H,5,12H2,1-4H3,(H2,13,14,15,16). The van der Waals surface area contributed by atoms with Crippen LogP contribution in [-0.2, 0) is 0 Å². The molecule has 0 spiro atoms. The van der Waals surface area contributed by atoms with Crippen molar-refractivity contribution in [1.82, 2.24) is 9.97 Å². The largest absolute Gasteiger partial charge is 0.364 e. The zero-order valence-corrected chi connectivity index (χ0v) is 11.6. The van der Waals surface area contributed by atoms with E-state index in [0.717, 1.165) is 0 Å². The van der Waals surface area contributed by atoms with Crippen LogP contribution in [0.25, 0.3) is 0 Å².